The van der Waals surface area contributed by atoms with E-state index in [4.69, 9.17) is 17.4 Å². The van der Waals surface area contributed by atoms with Crippen molar-refractivity contribution in [2.75, 3.05) is 0 Å². The number of nitrogens with zero attached hydrogens (tertiary/aromatic N) is 1. The van der Waals surface area contributed by atoms with E-state index in [1.165, 1.54) is 11.6 Å². The number of rotatable bonds is 5. The summed E-state index contributed by atoms with van der Waals surface area (Å²) in [4.78, 5) is 4.38. The van der Waals surface area contributed by atoms with E-state index in [0.717, 1.165) is 12.1 Å². The lowest BCUT2D eigenvalue weighted by Crippen LogP contribution is -2.30. The summed E-state index contributed by atoms with van der Waals surface area (Å²) in [5.41, 5.74) is 5.36. The molecule has 2 rings (SSSR count). The summed E-state index contributed by atoms with van der Waals surface area (Å²) in [6.07, 6.45) is 3.33. The molecule has 1 heterocycles. The van der Waals surface area contributed by atoms with Crippen molar-refractivity contribution in [3.05, 3.63) is 64.2 Å². The summed E-state index contributed by atoms with van der Waals surface area (Å²) in [7, 11) is 0. The molecule has 1 atom stereocenters. The maximum Gasteiger partial charge on any atom is 0.142 e. The van der Waals surface area contributed by atoms with Gasteiger partial charge in [-0.1, -0.05) is 36.7 Å². The molecule has 0 spiro atoms. The molecule has 0 aliphatic rings. The van der Waals surface area contributed by atoms with Gasteiger partial charge in [0.2, 0.25) is 0 Å². The maximum atomic E-state index is 13.5. The fourth-order valence-electron chi connectivity index (χ4n) is 2.04. The molecule has 2 aromatic rings. The van der Waals surface area contributed by atoms with E-state index in [-0.39, 0.29) is 11.1 Å². The Morgan fingerprint density at radius 1 is 1.35 bits per heavy atom. The number of aromatic nitrogens is 1. The summed E-state index contributed by atoms with van der Waals surface area (Å²) in [6, 6.07) is 8.41. The van der Waals surface area contributed by atoms with Gasteiger partial charge in [-0.15, -0.1) is 0 Å². The molecule has 5 heteroatoms. The second-order valence-electron chi connectivity index (χ2n) is 4.58. The van der Waals surface area contributed by atoms with E-state index < -0.39 is 5.82 Å². The van der Waals surface area contributed by atoms with Gasteiger partial charge < -0.3 is 0 Å². The molecule has 0 aliphatic heterocycles. The molecule has 0 fully saturated rings. The Labute approximate surface area is 122 Å². The first-order valence-corrected chi connectivity index (χ1v) is 6.87. The summed E-state index contributed by atoms with van der Waals surface area (Å²) in [6.45, 7) is 2.08. The molecule has 106 valence electrons. The van der Waals surface area contributed by atoms with Crippen molar-refractivity contribution in [3.8, 4) is 0 Å². The molecule has 0 aliphatic carbocycles. The monoisotopic (exact) mass is 293 g/mol. The summed E-state index contributed by atoms with van der Waals surface area (Å²) < 4.78 is 13.5. The number of pyridine rings is 1. The highest BCUT2D eigenvalue weighted by molar-refractivity contribution is 6.31. The van der Waals surface area contributed by atoms with E-state index in [0.29, 0.717) is 12.0 Å². The van der Waals surface area contributed by atoms with Crippen molar-refractivity contribution >= 4 is 11.6 Å². The zero-order valence-electron chi connectivity index (χ0n) is 11.2. The quantitative estimate of drug-likeness (QED) is 0.657. The summed E-state index contributed by atoms with van der Waals surface area (Å²) in [5, 5.41) is 0.0978. The van der Waals surface area contributed by atoms with Crippen LogP contribution in [0.3, 0.4) is 0 Å². The molecular formula is C15H17ClFN3. The van der Waals surface area contributed by atoms with Gasteiger partial charge >= 0.3 is 0 Å². The third-order valence-electron chi connectivity index (χ3n) is 3.27. The summed E-state index contributed by atoms with van der Waals surface area (Å²) in [5.74, 6) is 5.12. The second-order valence-corrected chi connectivity index (χ2v) is 4.96. The van der Waals surface area contributed by atoms with Crippen LogP contribution in [0.15, 0.2) is 36.5 Å². The minimum absolute atomic E-state index is 0.0978. The number of nitrogens with two attached hydrogens (primary N) is 1. The number of hydrogen-bond donors (Lipinski definition) is 2. The Hall–Kier alpha value is -1.49. The van der Waals surface area contributed by atoms with Gasteiger partial charge in [0.1, 0.15) is 5.82 Å². The van der Waals surface area contributed by atoms with Crippen LogP contribution in [0.5, 0.6) is 0 Å². The van der Waals surface area contributed by atoms with Gasteiger partial charge in [-0.05, 0) is 29.7 Å². The molecular weight excluding hydrogens is 277 g/mol. The van der Waals surface area contributed by atoms with Crippen molar-refractivity contribution in [3.63, 3.8) is 0 Å². The molecule has 0 saturated heterocycles. The number of halogens is 2. The van der Waals surface area contributed by atoms with Gasteiger partial charge in [-0.25, -0.2) is 4.39 Å². The number of nitrogens with one attached hydrogen (secondary N) is 1. The van der Waals surface area contributed by atoms with Crippen LogP contribution in [0.25, 0.3) is 0 Å². The van der Waals surface area contributed by atoms with Crippen molar-refractivity contribution in [2.24, 2.45) is 5.84 Å². The molecule has 0 saturated carbocycles. The van der Waals surface area contributed by atoms with Crippen LogP contribution in [-0.4, -0.2) is 4.98 Å². The van der Waals surface area contributed by atoms with Crippen LogP contribution in [0, 0.1) is 5.82 Å². The minimum Gasteiger partial charge on any atom is -0.271 e. The van der Waals surface area contributed by atoms with Crippen molar-refractivity contribution in [1.29, 1.82) is 0 Å². The van der Waals surface area contributed by atoms with Gasteiger partial charge in [-0.2, -0.15) is 0 Å². The number of hydrogen-bond acceptors (Lipinski definition) is 3. The normalized spacial score (nSPS) is 12.4. The third kappa shape index (κ3) is 3.33. The lowest BCUT2D eigenvalue weighted by atomic mass is 10.0. The van der Waals surface area contributed by atoms with Gasteiger partial charge in [0, 0.05) is 18.3 Å². The second kappa shape index (κ2) is 6.79. The lowest BCUT2D eigenvalue weighted by molar-refractivity contribution is 0.539. The maximum absolute atomic E-state index is 13.5. The fourth-order valence-corrected chi connectivity index (χ4v) is 2.30. The molecule has 0 amide bonds. The highest BCUT2D eigenvalue weighted by atomic mass is 35.5. The van der Waals surface area contributed by atoms with Crippen LogP contribution < -0.4 is 11.3 Å². The third-order valence-corrected chi connectivity index (χ3v) is 3.66. The van der Waals surface area contributed by atoms with Crippen molar-refractivity contribution in [1.82, 2.24) is 10.4 Å². The smallest absolute Gasteiger partial charge is 0.142 e. The number of benzene rings is 1. The van der Waals surface area contributed by atoms with E-state index >= 15 is 0 Å². The molecule has 1 aromatic carbocycles. The Bertz CT molecular complexity index is 572. The number of aryl methyl sites for hydroxylation is 1. The van der Waals surface area contributed by atoms with Crippen LogP contribution >= 0.6 is 11.6 Å². The molecule has 0 radical (unpaired) electrons. The largest absolute Gasteiger partial charge is 0.271 e. The van der Waals surface area contributed by atoms with Crippen LogP contribution in [0.4, 0.5) is 4.39 Å². The van der Waals surface area contributed by atoms with E-state index in [9.17, 15) is 4.39 Å². The van der Waals surface area contributed by atoms with E-state index in [2.05, 4.69) is 17.3 Å². The molecule has 1 aromatic heterocycles. The average molecular weight is 294 g/mol. The first kappa shape index (κ1) is 14.9. The van der Waals surface area contributed by atoms with Gasteiger partial charge in [0.15, 0.2) is 0 Å². The zero-order valence-corrected chi connectivity index (χ0v) is 12.0. The minimum atomic E-state index is -0.446. The molecule has 20 heavy (non-hydrogen) atoms. The summed E-state index contributed by atoms with van der Waals surface area (Å²) >= 11 is 5.99. The number of hydrazine groups is 1. The average Bonchev–Trinajstić information content (AvgIpc) is 2.48. The van der Waals surface area contributed by atoms with Gasteiger partial charge in [0.05, 0.1) is 11.1 Å². The van der Waals surface area contributed by atoms with Crippen LogP contribution in [0.2, 0.25) is 5.02 Å². The SMILES string of the molecule is CCc1ccc(CC(NN)c2cccc(F)c2Cl)nc1. The van der Waals surface area contributed by atoms with E-state index in [1.807, 2.05) is 18.3 Å². The fraction of sp³-hybridized carbons (Fsp3) is 0.267. The Kier molecular flexibility index (Phi) is 5.06. The van der Waals surface area contributed by atoms with Crippen molar-refractivity contribution < 1.29 is 4.39 Å². The predicted molar refractivity (Wildman–Crippen MR) is 78.8 cm³/mol. The first-order chi connectivity index (χ1) is 9.65. The van der Waals surface area contributed by atoms with E-state index in [1.54, 1.807) is 12.1 Å². The lowest BCUT2D eigenvalue weighted by Gasteiger charge is -2.17. The first-order valence-electron chi connectivity index (χ1n) is 6.49. The topological polar surface area (TPSA) is 50.9 Å². The van der Waals surface area contributed by atoms with Crippen LogP contribution in [0.1, 0.15) is 29.8 Å². The molecule has 1 unspecified atom stereocenters. The predicted octanol–water partition coefficient (Wildman–Crippen LogP) is 3.18. The molecule has 3 nitrogen and oxygen atoms in total. The van der Waals surface area contributed by atoms with Crippen molar-refractivity contribution in [2.45, 2.75) is 25.8 Å². The standard InChI is InChI=1S/C15H17ClFN3/c1-2-10-6-7-11(19-9-10)8-14(20-18)12-4-3-5-13(17)15(12)16/h3-7,9,14,20H,2,8,18H2,1H3. The highest BCUT2D eigenvalue weighted by Crippen LogP contribution is 2.27. The van der Waals surface area contributed by atoms with Gasteiger partial charge in [0.25, 0.3) is 0 Å². The molecule has 3 N–H and O–H groups in total. The Morgan fingerprint density at radius 3 is 2.75 bits per heavy atom. The zero-order chi connectivity index (χ0) is 14.5. The molecule has 0 bridgehead atoms. The highest BCUT2D eigenvalue weighted by Gasteiger charge is 2.16. The Morgan fingerprint density at radius 2 is 2.15 bits per heavy atom. The Balaban J connectivity index is 2.21. The van der Waals surface area contributed by atoms with Crippen LogP contribution in [-0.2, 0) is 12.8 Å². The van der Waals surface area contributed by atoms with Gasteiger partial charge in [-0.3, -0.25) is 16.3 Å².